The van der Waals surface area contributed by atoms with Crippen molar-refractivity contribution in [2.45, 2.75) is 18.6 Å². The number of β-amino-alcohol motifs (C(OH)–C–C–N with tert-alkyl or cyclic N) is 1. The van der Waals surface area contributed by atoms with Gasteiger partial charge in [-0.05, 0) is 24.1 Å². The van der Waals surface area contributed by atoms with Crippen molar-refractivity contribution in [1.29, 1.82) is 0 Å². The first kappa shape index (κ1) is 13.3. The maximum absolute atomic E-state index is 11.7. The molecular formula is C12H17NO4S. The molecule has 1 N–H and O–H groups in total. The van der Waals surface area contributed by atoms with Crippen LogP contribution in [-0.2, 0) is 10.0 Å². The smallest absolute Gasteiger partial charge is 0.211 e. The SMILES string of the molecule is COc1cccc([C@@H]2C[C@@H](O)CN2S(C)(=O)=O)c1. The summed E-state index contributed by atoms with van der Waals surface area (Å²) in [5.41, 5.74) is 0.844. The molecule has 1 aliphatic rings. The standard InChI is InChI=1S/C12H17NO4S/c1-17-11-5-3-4-9(6-11)12-7-10(14)8-13(12)18(2,15)16/h3-6,10,12,14H,7-8H2,1-2H3/t10-,12+/m1/s1. The topological polar surface area (TPSA) is 66.8 Å². The number of methoxy groups -OCH3 is 1. The van der Waals surface area contributed by atoms with Crippen molar-refractivity contribution in [3.8, 4) is 5.75 Å². The molecule has 0 spiro atoms. The van der Waals surface area contributed by atoms with Gasteiger partial charge in [-0.2, -0.15) is 4.31 Å². The van der Waals surface area contributed by atoms with Crippen molar-refractivity contribution in [1.82, 2.24) is 4.31 Å². The molecule has 0 unspecified atom stereocenters. The van der Waals surface area contributed by atoms with Crippen molar-refractivity contribution < 1.29 is 18.3 Å². The Morgan fingerprint density at radius 1 is 1.44 bits per heavy atom. The van der Waals surface area contributed by atoms with Gasteiger partial charge < -0.3 is 9.84 Å². The van der Waals surface area contributed by atoms with Crippen LogP contribution in [0.5, 0.6) is 5.75 Å². The number of aliphatic hydroxyl groups excluding tert-OH is 1. The zero-order valence-electron chi connectivity index (χ0n) is 10.4. The Labute approximate surface area is 107 Å². The number of benzene rings is 1. The van der Waals surface area contributed by atoms with Crippen LogP contribution in [0.2, 0.25) is 0 Å². The molecule has 100 valence electrons. The Morgan fingerprint density at radius 3 is 2.78 bits per heavy atom. The lowest BCUT2D eigenvalue weighted by atomic mass is 10.0. The van der Waals surface area contributed by atoms with Crippen LogP contribution >= 0.6 is 0 Å². The fourth-order valence-corrected chi connectivity index (χ4v) is 3.42. The highest BCUT2D eigenvalue weighted by atomic mass is 32.2. The van der Waals surface area contributed by atoms with Gasteiger partial charge in [-0.25, -0.2) is 8.42 Å². The van der Waals surface area contributed by atoms with Crippen molar-refractivity contribution in [2.75, 3.05) is 19.9 Å². The van der Waals surface area contributed by atoms with Gasteiger partial charge in [0.1, 0.15) is 5.75 Å². The number of ether oxygens (including phenoxy) is 1. The Balaban J connectivity index is 2.35. The number of nitrogens with zero attached hydrogens (tertiary/aromatic N) is 1. The van der Waals surface area contributed by atoms with Crippen LogP contribution in [0.1, 0.15) is 18.0 Å². The molecular weight excluding hydrogens is 254 g/mol. The van der Waals surface area contributed by atoms with E-state index in [2.05, 4.69) is 0 Å². The normalized spacial score (nSPS) is 25.3. The molecule has 6 heteroatoms. The summed E-state index contributed by atoms with van der Waals surface area (Å²) >= 11 is 0. The maximum Gasteiger partial charge on any atom is 0.211 e. The highest BCUT2D eigenvalue weighted by Crippen LogP contribution is 2.35. The lowest BCUT2D eigenvalue weighted by Crippen LogP contribution is -2.30. The minimum atomic E-state index is -3.32. The first-order chi connectivity index (χ1) is 8.41. The summed E-state index contributed by atoms with van der Waals surface area (Å²) in [6.45, 7) is 0.153. The molecule has 0 bridgehead atoms. The van der Waals surface area contributed by atoms with Crippen LogP contribution in [0.4, 0.5) is 0 Å². The molecule has 0 saturated carbocycles. The van der Waals surface area contributed by atoms with Crippen LogP contribution in [-0.4, -0.2) is 43.8 Å². The predicted molar refractivity (Wildman–Crippen MR) is 67.9 cm³/mol. The molecule has 18 heavy (non-hydrogen) atoms. The molecule has 1 saturated heterocycles. The molecule has 0 aromatic heterocycles. The van der Waals surface area contributed by atoms with Crippen molar-refractivity contribution >= 4 is 10.0 Å². The van der Waals surface area contributed by atoms with E-state index in [0.29, 0.717) is 12.2 Å². The molecule has 0 amide bonds. The first-order valence-corrected chi connectivity index (χ1v) is 7.55. The van der Waals surface area contributed by atoms with E-state index in [-0.39, 0.29) is 12.6 Å². The minimum absolute atomic E-state index is 0.153. The Kier molecular flexibility index (Phi) is 3.61. The molecule has 1 fully saturated rings. The first-order valence-electron chi connectivity index (χ1n) is 5.70. The van der Waals surface area contributed by atoms with Crippen molar-refractivity contribution in [2.24, 2.45) is 0 Å². The summed E-state index contributed by atoms with van der Waals surface area (Å²) in [6.07, 6.45) is 0.967. The predicted octanol–water partition coefficient (Wildman–Crippen LogP) is 0.763. The van der Waals surface area contributed by atoms with Crippen LogP contribution < -0.4 is 4.74 Å². The molecule has 0 aliphatic carbocycles. The molecule has 2 rings (SSSR count). The lowest BCUT2D eigenvalue weighted by Gasteiger charge is -2.22. The lowest BCUT2D eigenvalue weighted by molar-refractivity contribution is 0.188. The third-order valence-electron chi connectivity index (χ3n) is 3.14. The summed E-state index contributed by atoms with van der Waals surface area (Å²) in [5, 5.41) is 9.68. The van der Waals surface area contributed by atoms with Crippen LogP contribution in [0.15, 0.2) is 24.3 Å². The van der Waals surface area contributed by atoms with Gasteiger partial charge in [0.25, 0.3) is 0 Å². The van der Waals surface area contributed by atoms with E-state index in [1.807, 2.05) is 12.1 Å². The summed E-state index contributed by atoms with van der Waals surface area (Å²) in [4.78, 5) is 0. The Morgan fingerprint density at radius 2 is 2.17 bits per heavy atom. The second-order valence-electron chi connectivity index (χ2n) is 4.51. The van der Waals surface area contributed by atoms with Gasteiger partial charge >= 0.3 is 0 Å². The number of rotatable bonds is 3. The zero-order valence-corrected chi connectivity index (χ0v) is 11.2. The number of aliphatic hydroxyl groups is 1. The fraction of sp³-hybridized carbons (Fsp3) is 0.500. The third kappa shape index (κ3) is 2.66. The summed E-state index contributed by atoms with van der Waals surface area (Å²) in [7, 11) is -1.75. The minimum Gasteiger partial charge on any atom is -0.497 e. The molecule has 5 nitrogen and oxygen atoms in total. The second kappa shape index (κ2) is 4.87. The van der Waals surface area contributed by atoms with Crippen LogP contribution in [0, 0.1) is 0 Å². The zero-order chi connectivity index (χ0) is 13.3. The number of hydrogen-bond donors (Lipinski definition) is 1. The van der Waals surface area contributed by atoms with E-state index >= 15 is 0 Å². The van der Waals surface area contributed by atoms with Crippen molar-refractivity contribution in [3.63, 3.8) is 0 Å². The fourth-order valence-electron chi connectivity index (χ4n) is 2.30. The molecule has 1 aromatic rings. The molecule has 1 heterocycles. The van der Waals surface area contributed by atoms with Crippen LogP contribution in [0.3, 0.4) is 0 Å². The highest BCUT2D eigenvalue weighted by molar-refractivity contribution is 7.88. The molecule has 0 radical (unpaired) electrons. The Bertz CT molecular complexity index is 529. The number of sulfonamides is 1. The van der Waals surface area contributed by atoms with Crippen molar-refractivity contribution in [3.05, 3.63) is 29.8 Å². The Hall–Kier alpha value is -1.11. The summed E-state index contributed by atoms with van der Waals surface area (Å²) in [6, 6.07) is 6.97. The van der Waals surface area contributed by atoms with E-state index in [1.165, 1.54) is 4.31 Å². The molecule has 2 atom stereocenters. The maximum atomic E-state index is 11.7. The van der Waals surface area contributed by atoms with E-state index < -0.39 is 16.1 Å². The quantitative estimate of drug-likeness (QED) is 0.881. The molecule has 1 aromatic carbocycles. The number of hydrogen-bond acceptors (Lipinski definition) is 4. The van der Waals surface area contributed by atoms with E-state index in [9.17, 15) is 13.5 Å². The van der Waals surface area contributed by atoms with E-state index in [1.54, 1.807) is 19.2 Å². The second-order valence-corrected chi connectivity index (χ2v) is 6.45. The van der Waals surface area contributed by atoms with Gasteiger partial charge in [-0.15, -0.1) is 0 Å². The van der Waals surface area contributed by atoms with Gasteiger partial charge in [0, 0.05) is 6.54 Å². The molecule has 1 aliphatic heterocycles. The van der Waals surface area contributed by atoms with Gasteiger partial charge in [0.2, 0.25) is 10.0 Å². The largest absolute Gasteiger partial charge is 0.497 e. The third-order valence-corrected chi connectivity index (χ3v) is 4.39. The summed E-state index contributed by atoms with van der Waals surface area (Å²) < 4.78 is 29.9. The summed E-state index contributed by atoms with van der Waals surface area (Å²) in [5.74, 6) is 0.683. The van der Waals surface area contributed by atoms with Gasteiger partial charge in [0.15, 0.2) is 0 Å². The van der Waals surface area contributed by atoms with Gasteiger partial charge in [-0.1, -0.05) is 12.1 Å². The average Bonchev–Trinajstić information content (AvgIpc) is 2.71. The van der Waals surface area contributed by atoms with Crippen LogP contribution in [0.25, 0.3) is 0 Å². The monoisotopic (exact) mass is 271 g/mol. The van der Waals surface area contributed by atoms with Gasteiger partial charge in [-0.3, -0.25) is 0 Å². The highest BCUT2D eigenvalue weighted by Gasteiger charge is 2.37. The van der Waals surface area contributed by atoms with E-state index in [0.717, 1.165) is 11.8 Å². The van der Waals surface area contributed by atoms with Gasteiger partial charge in [0.05, 0.1) is 25.5 Å². The average molecular weight is 271 g/mol. The van der Waals surface area contributed by atoms with E-state index in [4.69, 9.17) is 4.74 Å².